The Kier molecular flexibility index (Phi) is 5.27. The van der Waals surface area contributed by atoms with Crippen molar-refractivity contribution in [1.29, 1.82) is 0 Å². The number of hydrogen-bond donors (Lipinski definition) is 2. The normalized spacial score (nSPS) is 14.7. The average Bonchev–Trinajstić information content (AvgIpc) is 2.87. The fourth-order valence-electron chi connectivity index (χ4n) is 2.71. The highest BCUT2D eigenvalue weighted by molar-refractivity contribution is 5.28. The first kappa shape index (κ1) is 17.7. The van der Waals surface area contributed by atoms with Crippen molar-refractivity contribution in [1.82, 2.24) is 15.1 Å². The second kappa shape index (κ2) is 6.85. The highest BCUT2D eigenvalue weighted by Crippen LogP contribution is 2.22. The van der Waals surface area contributed by atoms with Crippen molar-refractivity contribution in [3.63, 3.8) is 0 Å². The van der Waals surface area contributed by atoms with Gasteiger partial charge in [0.15, 0.2) is 0 Å². The first-order chi connectivity index (χ1) is 10.7. The van der Waals surface area contributed by atoms with Crippen LogP contribution in [0.2, 0.25) is 0 Å². The first-order valence-corrected chi connectivity index (χ1v) is 8.23. The number of rotatable bonds is 5. The minimum Gasteiger partial charge on any atom is -0.387 e. The third-order valence-corrected chi connectivity index (χ3v) is 4.26. The number of aliphatic hydroxyl groups excluding tert-OH is 1. The molecule has 2 unspecified atom stereocenters. The van der Waals surface area contributed by atoms with E-state index in [0.29, 0.717) is 6.54 Å². The minimum atomic E-state index is -0.503. The SMILES string of the molecule is Cc1ccccc1C(O)CNC(C)c1cn(C(C)(C)C)nc1C. The molecule has 0 radical (unpaired) electrons. The van der Waals surface area contributed by atoms with Crippen molar-refractivity contribution in [3.8, 4) is 0 Å². The van der Waals surface area contributed by atoms with E-state index in [2.05, 4.69) is 44.3 Å². The van der Waals surface area contributed by atoms with Crippen LogP contribution in [0.4, 0.5) is 0 Å². The number of nitrogens with zero attached hydrogens (tertiary/aromatic N) is 2. The molecule has 0 saturated carbocycles. The monoisotopic (exact) mass is 315 g/mol. The highest BCUT2D eigenvalue weighted by Gasteiger charge is 2.20. The number of hydrogen-bond acceptors (Lipinski definition) is 3. The quantitative estimate of drug-likeness (QED) is 0.885. The van der Waals surface area contributed by atoms with E-state index in [4.69, 9.17) is 0 Å². The summed E-state index contributed by atoms with van der Waals surface area (Å²) in [6, 6.07) is 8.11. The fraction of sp³-hybridized carbons (Fsp3) is 0.526. The van der Waals surface area contributed by atoms with Gasteiger partial charge in [-0.3, -0.25) is 4.68 Å². The zero-order chi connectivity index (χ0) is 17.2. The standard InChI is InChI=1S/C19H29N3O/c1-13-9-7-8-10-16(13)18(23)11-20-14(2)17-12-22(19(4,5)6)21-15(17)3/h7-10,12,14,18,20,23H,11H2,1-6H3. The van der Waals surface area contributed by atoms with Gasteiger partial charge < -0.3 is 10.4 Å². The lowest BCUT2D eigenvalue weighted by atomic mass is 10.0. The molecule has 2 aromatic rings. The van der Waals surface area contributed by atoms with Gasteiger partial charge in [-0.15, -0.1) is 0 Å². The van der Waals surface area contributed by atoms with Gasteiger partial charge in [0.2, 0.25) is 0 Å². The summed E-state index contributed by atoms with van der Waals surface area (Å²) in [6.45, 7) is 13.1. The Labute approximate surface area is 139 Å². The Hall–Kier alpha value is -1.65. The van der Waals surface area contributed by atoms with Crippen molar-refractivity contribution in [2.24, 2.45) is 0 Å². The highest BCUT2D eigenvalue weighted by atomic mass is 16.3. The van der Waals surface area contributed by atoms with Gasteiger partial charge in [0, 0.05) is 24.3 Å². The van der Waals surface area contributed by atoms with Gasteiger partial charge in [0.25, 0.3) is 0 Å². The lowest BCUT2D eigenvalue weighted by molar-refractivity contribution is 0.170. The van der Waals surface area contributed by atoms with Gasteiger partial charge in [-0.1, -0.05) is 24.3 Å². The van der Waals surface area contributed by atoms with Crippen LogP contribution in [-0.2, 0) is 5.54 Å². The summed E-state index contributed by atoms with van der Waals surface area (Å²) in [5.41, 5.74) is 4.28. The summed E-state index contributed by atoms with van der Waals surface area (Å²) in [4.78, 5) is 0. The van der Waals surface area contributed by atoms with E-state index in [0.717, 1.165) is 16.8 Å². The molecule has 0 bridgehead atoms. The minimum absolute atomic E-state index is 0.0244. The lowest BCUT2D eigenvalue weighted by Crippen LogP contribution is -2.25. The largest absolute Gasteiger partial charge is 0.387 e. The maximum Gasteiger partial charge on any atom is 0.0917 e. The van der Waals surface area contributed by atoms with Gasteiger partial charge in [0.1, 0.15) is 0 Å². The Bertz CT molecular complexity index is 655. The van der Waals surface area contributed by atoms with E-state index in [1.807, 2.05) is 42.8 Å². The molecule has 23 heavy (non-hydrogen) atoms. The van der Waals surface area contributed by atoms with Gasteiger partial charge in [-0.25, -0.2) is 0 Å². The van der Waals surface area contributed by atoms with Crippen LogP contribution in [0, 0.1) is 13.8 Å². The average molecular weight is 315 g/mol. The lowest BCUT2D eigenvalue weighted by Gasteiger charge is -2.20. The Morgan fingerprint density at radius 3 is 2.39 bits per heavy atom. The third-order valence-electron chi connectivity index (χ3n) is 4.26. The summed E-state index contributed by atoms with van der Waals surface area (Å²) in [5, 5.41) is 18.5. The molecule has 0 aliphatic rings. The van der Waals surface area contributed by atoms with E-state index < -0.39 is 6.10 Å². The molecule has 0 spiro atoms. The molecule has 0 aliphatic heterocycles. The molecule has 2 rings (SSSR count). The van der Waals surface area contributed by atoms with Crippen LogP contribution in [-0.4, -0.2) is 21.4 Å². The number of aliphatic hydroxyl groups is 1. The van der Waals surface area contributed by atoms with Gasteiger partial charge in [0.05, 0.1) is 17.3 Å². The number of aryl methyl sites for hydroxylation is 2. The van der Waals surface area contributed by atoms with Crippen molar-refractivity contribution >= 4 is 0 Å². The predicted octanol–water partition coefficient (Wildman–Crippen LogP) is 3.64. The summed E-state index contributed by atoms with van der Waals surface area (Å²) >= 11 is 0. The van der Waals surface area contributed by atoms with Crippen LogP contribution >= 0.6 is 0 Å². The molecular weight excluding hydrogens is 286 g/mol. The molecule has 0 amide bonds. The summed E-state index contributed by atoms with van der Waals surface area (Å²) < 4.78 is 2.01. The maximum atomic E-state index is 10.4. The van der Waals surface area contributed by atoms with Crippen molar-refractivity contribution in [2.45, 2.75) is 59.2 Å². The van der Waals surface area contributed by atoms with Crippen LogP contribution in [0.15, 0.2) is 30.5 Å². The second-order valence-electron chi connectivity index (χ2n) is 7.29. The zero-order valence-corrected chi connectivity index (χ0v) is 15.1. The molecule has 0 saturated heterocycles. The molecule has 0 fully saturated rings. The molecule has 1 aromatic carbocycles. The van der Waals surface area contributed by atoms with E-state index in [1.165, 1.54) is 5.56 Å². The molecule has 4 heteroatoms. The molecule has 1 aromatic heterocycles. The molecule has 2 atom stereocenters. The Balaban J connectivity index is 2.04. The smallest absolute Gasteiger partial charge is 0.0917 e. The van der Waals surface area contributed by atoms with Gasteiger partial charge in [-0.05, 0) is 52.7 Å². The van der Waals surface area contributed by atoms with Gasteiger partial charge in [-0.2, -0.15) is 5.10 Å². The topological polar surface area (TPSA) is 50.1 Å². The molecule has 4 nitrogen and oxygen atoms in total. The predicted molar refractivity (Wildman–Crippen MR) is 94.5 cm³/mol. The molecule has 0 aliphatic carbocycles. The van der Waals surface area contributed by atoms with Crippen molar-refractivity contribution < 1.29 is 5.11 Å². The van der Waals surface area contributed by atoms with E-state index in [9.17, 15) is 5.11 Å². The summed E-state index contributed by atoms with van der Waals surface area (Å²) in [5.74, 6) is 0. The third kappa shape index (κ3) is 4.21. The molecule has 1 heterocycles. The Morgan fingerprint density at radius 1 is 1.17 bits per heavy atom. The second-order valence-corrected chi connectivity index (χ2v) is 7.29. The summed E-state index contributed by atoms with van der Waals surface area (Å²) in [6.07, 6.45) is 1.60. The van der Waals surface area contributed by atoms with Crippen LogP contribution in [0.5, 0.6) is 0 Å². The summed E-state index contributed by atoms with van der Waals surface area (Å²) in [7, 11) is 0. The van der Waals surface area contributed by atoms with Crippen LogP contribution in [0.3, 0.4) is 0 Å². The van der Waals surface area contributed by atoms with Gasteiger partial charge >= 0.3 is 0 Å². The van der Waals surface area contributed by atoms with Crippen LogP contribution in [0.25, 0.3) is 0 Å². The number of aromatic nitrogens is 2. The molecular formula is C19H29N3O. The van der Waals surface area contributed by atoms with Crippen molar-refractivity contribution in [3.05, 3.63) is 52.8 Å². The number of benzene rings is 1. The van der Waals surface area contributed by atoms with E-state index in [1.54, 1.807) is 0 Å². The van der Waals surface area contributed by atoms with E-state index >= 15 is 0 Å². The zero-order valence-electron chi connectivity index (χ0n) is 15.1. The van der Waals surface area contributed by atoms with E-state index in [-0.39, 0.29) is 11.6 Å². The fourth-order valence-corrected chi connectivity index (χ4v) is 2.71. The first-order valence-electron chi connectivity index (χ1n) is 8.23. The van der Waals surface area contributed by atoms with Crippen LogP contribution in [0.1, 0.15) is 62.2 Å². The molecule has 2 N–H and O–H groups in total. The van der Waals surface area contributed by atoms with Crippen molar-refractivity contribution in [2.75, 3.05) is 6.54 Å². The molecule has 126 valence electrons. The number of nitrogens with one attached hydrogen (secondary N) is 1. The maximum absolute atomic E-state index is 10.4. The van der Waals surface area contributed by atoms with Crippen LogP contribution < -0.4 is 5.32 Å². The Morgan fingerprint density at radius 2 is 1.83 bits per heavy atom.